The lowest BCUT2D eigenvalue weighted by molar-refractivity contribution is -0.136. The summed E-state index contributed by atoms with van der Waals surface area (Å²) in [5.74, 6) is -0.787. The second-order valence-corrected chi connectivity index (χ2v) is 3.23. The number of carboxylic acids is 1. The molecule has 0 saturated heterocycles. The molecular weight excluding hydrogens is 178 g/mol. The fraction of sp³-hybridized carbons (Fsp3) is 0.364. The van der Waals surface area contributed by atoms with E-state index < -0.39 is 5.97 Å². The van der Waals surface area contributed by atoms with Crippen molar-refractivity contribution < 1.29 is 9.90 Å². The summed E-state index contributed by atoms with van der Waals surface area (Å²) < 4.78 is 0. The molecule has 0 fully saturated rings. The minimum Gasteiger partial charge on any atom is -0.481 e. The molecule has 0 radical (unpaired) electrons. The minimum absolute atomic E-state index is 0.0980. The van der Waals surface area contributed by atoms with Crippen LogP contribution in [0.3, 0.4) is 0 Å². The van der Waals surface area contributed by atoms with E-state index in [-0.39, 0.29) is 6.42 Å². The van der Waals surface area contributed by atoms with Crippen molar-refractivity contribution in [2.24, 2.45) is 5.73 Å². The maximum absolute atomic E-state index is 10.6. The second-order valence-electron chi connectivity index (χ2n) is 3.23. The summed E-state index contributed by atoms with van der Waals surface area (Å²) in [5.41, 5.74) is 7.41. The van der Waals surface area contributed by atoms with Crippen molar-refractivity contribution in [3.8, 4) is 0 Å². The third-order valence-corrected chi connectivity index (χ3v) is 2.11. The molecule has 0 aromatic heterocycles. The number of nitrogens with two attached hydrogens (primary N) is 1. The molecule has 1 aromatic carbocycles. The Morgan fingerprint density at radius 3 is 2.50 bits per heavy atom. The van der Waals surface area contributed by atoms with Gasteiger partial charge in [0.25, 0.3) is 0 Å². The summed E-state index contributed by atoms with van der Waals surface area (Å²) >= 11 is 0. The first-order valence-corrected chi connectivity index (χ1v) is 4.72. The number of rotatable bonds is 5. The van der Waals surface area contributed by atoms with Crippen molar-refractivity contribution in [3.05, 3.63) is 35.4 Å². The SMILES string of the molecule is NCCCc1ccccc1CC(=O)O. The van der Waals surface area contributed by atoms with Crippen LogP contribution in [0, 0.1) is 0 Å². The fourth-order valence-electron chi connectivity index (χ4n) is 1.43. The lowest BCUT2D eigenvalue weighted by atomic mass is 10.0. The summed E-state index contributed by atoms with van der Waals surface area (Å²) in [6, 6.07) is 7.62. The molecule has 0 bridgehead atoms. The first-order valence-electron chi connectivity index (χ1n) is 4.72. The average Bonchev–Trinajstić information content (AvgIpc) is 2.16. The number of aliphatic carboxylic acids is 1. The zero-order chi connectivity index (χ0) is 10.4. The van der Waals surface area contributed by atoms with E-state index in [9.17, 15) is 4.79 Å². The maximum Gasteiger partial charge on any atom is 0.307 e. The Bertz CT molecular complexity index is 310. The Hall–Kier alpha value is -1.35. The van der Waals surface area contributed by atoms with Crippen molar-refractivity contribution in [2.45, 2.75) is 19.3 Å². The van der Waals surface area contributed by atoms with E-state index in [1.807, 2.05) is 24.3 Å². The number of aryl methyl sites for hydroxylation is 1. The Kier molecular flexibility index (Phi) is 4.13. The zero-order valence-electron chi connectivity index (χ0n) is 8.07. The molecule has 0 aliphatic heterocycles. The van der Waals surface area contributed by atoms with Crippen LogP contribution in [-0.2, 0) is 17.6 Å². The number of hydrogen-bond donors (Lipinski definition) is 2. The highest BCUT2D eigenvalue weighted by Crippen LogP contribution is 2.11. The van der Waals surface area contributed by atoms with E-state index in [1.54, 1.807) is 0 Å². The lowest BCUT2D eigenvalue weighted by Crippen LogP contribution is -2.06. The van der Waals surface area contributed by atoms with Crippen molar-refractivity contribution in [1.29, 1.82) is 0 Å². The van der Waals surface area contributed by atoms with E-state index in [0.29, 0.717) is 6.54 Å². The van der Waals surface area contributed by atoms with Gasteiger partial charge in [-0.15, -0.1) is 0 Å². The Morgan fingerprint density at radius 2 is 1.93 bits per heavy atom. The van der Waals surface area contributed by atoms with Crippen LogP contribution in [0.25, 0.3) is 0 Å². The number of carboxylic acid groups (broad SMARTS) is 1. The number of hydrogen-bond acceptors (Lipinski definition) is 2. The van der Waals surface area contributed by atoms with Gasteiger partial charge in [-0.2, -0.15) is 0 Å². The normalized spacial score (nSPS) is 10.1. The van der Waals surface area contributed by atoms with Gasteiger partial charge in [-0.25, -0.2) is 0 Å². The molecule has 0 aliphatic carbocycles. The molecule has 0 saturated carbocycles. The highest BCUT2D eigenvalue weighted by Gasteiger charge is 2.05. The molecule has 1 aromatic rings. The molecule has 3 nitrogen and oxygen atoms in total. The Balaban J connectivity index is 2.74. The highest BCUT2D eigenvalue weighted by molar-refractivity contribution is 5.70. The molecule has 14 heavy (non-hydrogen) atoms. The van der Waals surface area contributed by atoms with Gasteiger partial charge < -0.3 is 10.8 Å². The predicted molar refractivity (Wildman–Crippen MR) is 55.2 cm³/mol. The molecule has 0 aliphatic rings. The molecule has 76 valence electrons. The number of carbonyl (C=O) groups is 1. The monoisotopic (exact) mass is 193 g/mol. The largest absolute Gasteiger partial charge is 0.481 e. The molecule has 0 spiro atoms. The highest BCUT2D eigenvalue weighted by atomic mass is 16.4. The maximum atomic E-state index is 10.6. The quantitative estimate of drug-likeness (QED) is 0.738. The van der Waals surface area contributed by atoms with Gasteiger partial charge >= 0.3 is 5.97 Å². The summed E-state index contributed by atoms with van der Waals surface area (Å²) in [4.78, 5) is 10.6. The van der Waals surface area contributed by atoms with Gasteiger partial charge in [0.2, 0.25) is 0 Å². The van der Waals surface area contributed by atoms with Crippen LogP contribution in [0.15, 0.2) is 24.3 Å². The van der Waals surface area contributed by atoms with Gasteiger partial charge in [0.1, 0.15) is 0 Å². The van der Waals surface area contributed by atoms with Crippen LogP contribution in [-0.4, -0.2) is 17.6 Å². The molecular formula is C11H15NO2. The molecule has 0 heterocycles. The van der Waals surface area contributed by atoms with Crippen molar-refractivity contribution >= 4 is 5.97 Å². The van der Waals surface area contributed by atoms with Crippen LogP contribution in [0.2, 0.25) is 0 Å². The van der Waals surface area contributed by atoms with Crippen molar-refractivity contribution in [2.75, 3.05) is 6.54 Å². The van der Waals surface area contributed by atoms with E-state index in [0.717, 1.165) is 24.0 Å². The smallest absolute Gasteiger partial charge is 0.307 e. The van der Waals surface area contributed by atoms with Gasteiger partial charge in [0.05, 0.1) is 6.42 Å². The summed E-state index contributed by atoms with van der Waals surface area (Å²) in [7, 11) is 0. The van der Waals surface area contributed by atoms with E-state index in [1.165, 1.54) is 0 Å². The average molecular weight is 193 g/mol. The van der Waals surface area contributed by atoms with Gasteiger partial charge in [0.15, 0.2) is 0 Å². The van der Waals surface area contributed by atoms with Crippen LogP contribution in [0.4, 0.5) is 0 Å². The van der Waals surface area contributed by atoms with Crippen molar-refractivity contribution in [3.63, 3.8) is 0 Å². The van der Waals surface area contributed by atoms with Crippen LogP contribution in [0.5, 0.6) is 0 Å². The minimum atomic E-state index is -0.787. The standard InChI is InChI=1S/C11H15NO2/c12-7-3-6-9-4-1-2-5-10(9)8-11(13)14/h1-2,4-5H,3,6-8,12H2,(H,13,14). The van der Waals surface area contributed by atoms with E-state index in [2.05, 4.69) is 0 Å². The third-order valence-electron chi connectivity index (χ3n) is 2.11. The van der Waals surface area contributed by atoms with Gasteiger partial charge in [-0.05, 0) is 30.5 Å². The second kappa shape index (κ2) is 5.40. The van der Waals surface area contributed by atoms with Crippen LogP contribution >= 0.6 is 0 Å². The van der Waals surface area contributed by atoms with Gasteiger partial charge in [-0.1, -0.05) is 24.3 Å². The van der Waals surface area contributed by atoms with Gasteiger partial charge in [0, 0.05) is 0 Å². The first kappa shape index (κ1) is 10.7. The lowest BCUT2D eigenvalue weighted by Gasteiger charge is -2.06. The predicted octanol–water partition coefficient (Wildman–Crippen LogP) is 1.21. The zero-order valence-corrected chi connectivity index (χ0v) is 8.07. The van der Waals surface area contributed by atoms with Crippen LogP contribution < -0.4 is 5.73 Å². The van der Waals surface area contributed by atoms with E-state index >= 15 is 0 Å². The Labute approximate surface area is 83.6 Å². The molecule has 3 heteroatoms. The molecule has 0 atom stereocenters. The summed E-state index contributed by atoms with van der Waals surface area (Å²) in [6.07, 6.45) is 1.86. The first-order chi connectivity index (χ1) is 6.74. The molecule has 0 unspecified atom stereocenters. The third kappa shape index (κ3) is 3.18. The van der Waals surface area contributed by atoms with Crippen molar-refractivity contribution in [1.82, 2.24) is 0 Å². The fourth-order valence-corrected chi connectivity index (χ4v) is 1.43. The number of benzene rings is 1. The Morgan fingerprint density at radius 1 is 1.29 bits per heavy atom. The molecule has 3 N–H and O–H groups in total. The topological polar surface area (TPSA) is 63.3 Å². The molecule has 1 rings (SSSR count). The van der Waals surface area contributed by atoms with Crippen LogP contribution in [0.1, 0.15) is 17.5 Å². The van der Waals surface area contributed by atoms with Gasteiger partial charge in [-0.3, -0.25) is 4.79 Å². The summed E-state index contributed by atoms with van der Waals surface area (Å²) in [5, 5.41) is 8.69. The van der Waals surface area contributed by atoms with E-state index in [4.69, 9.17) is 10.8 Å². The molecule has 0 amide bonds. The summed E-state index contributed by atoms with van der Waals surface area (Å²) in [6.45, 7) is 0.640.